The molecular weight excluding hydrogens is 363 g/mol. The number of rotatable bonds is 3. The molecule has 3 nitrogen and oxygen atoms in total. The van der Waals surface area contributed by atoms with Crippen LogP contribution in [0.5, 0.6) is 0 Å². The summed E-state index contributed by atoms with van der Waals surface area (Å²) in [7, 11) is 0. The highest BCUT2D eigenvalue weighted by atomic mass is 19.4. The summed E-state index contributed by atoms with van der Waals surface area (Å²) >= 11 is 0. The van der Waals surface area contributed by atoms with Gasteiger partial charge in [0.05, 0.1) is 11.6 Å². The van der Waals surface area contributed by atoms with E-state index >= 15 is 0 Å². The number of nitrogens with zero attached hydrogens (tertiary/aromatic N) is 2. The van der Waals surface area contributed by atoms with Crippen LogP contribution in [0, 0.1) is 0 Å². The average Bonchev–Trinajstić information content (AvgIpc) is 2.97. The normalized spacial score (nSPS) is 17.4. The van der Waals surface area contributed by atoms with Crippen molar-refractivity contribution in [3.8, 4) is 0 Å². The number of aromatic nitrogens is 1. The first-order valence-corrected chi connectivity index (χ1v) is 9.48. The smallest absolute Gasteiger partial charge is 0.315 e. The number of hydrogen-bond acceptors (Lipinski definition) is 3. The molecule has 0 bridgehead atoms. The van der Waals surface area contributed by atoms with E-state index in [1.165, 1.54) is 12.1 Å². The molecule has 0 aliphatic carbocycles. The van der Waals surface area contributed by atoms with E-state index in [-0.39, 0.29) is 6.04 Å². The lowest BCUT2D eigenvalue weighted by molar-refractivity contribution is -0.137. The van der Waals surface area contributed by atoms with E-state index in [2.05, 4.69) is 27.3 Å². The lowest BCUT2D eigenvalue weighted by Gasteiger charge is -2.31. The van der Waals surface area contributed by atoms with Gasteiger partial charge in [-0.25, -0.2) is 0 Å². The Kier molecular flexibility index (Phi) is 5.33. The van der Waals surface area contributed by atoms with Crippen molar-refractivity contribution >= 4 is 10.8 Å². The SMILES string of the molecule is FC(F)(F)c1ccc(C(c2ccc3cnccc3c2)N2CCCNCC2)cc1. The lowest BCUT2D eigenvalue weighted by Crippen LogP contribution is -2.33. The van der Waals surface area contributed by atoms with Gasteiger partial charge in [0, 0.05) is 37.4 Å². The van der Waals surface area contributed by atoms with Gasteiger partial charge >= 0.3 is 6.18 Å². The molecule has 0 radical (unpaired) electrons. The van der Waals surface area contributed by atoms with Crippen LogP contribution < -0.4 is 5.32 Å². The molecule has 4 rings (SSSR count). The van der Waals surface area contributed by atoms with E-state index in [1.807, 2.05) is 18.3 Å². The maximum atomic E-state index is 13.0. The van der Waals surface area contributed by atoms with E-state index in [9.17, 15) is 13.2 Å². The van der Waals surface area contributed by atoms with Crippen LogP contribution in [0.15, 0.2) is 60.9 Å². The first-order valence-electron chi connectivity index (χ1n) is 9.48. The zero-order valence-corrected chi connectivity index (χ0v) is 15.4. The Balaban J connectivity index is 1.76. The fraction of sp³-hybridized carbons (Fsp3) is 0.318. The predicted octanol–water partition coefficient (Wildman–Crippen LogP) is 4.64. The lowest BCUT2D eigenvalue weighted by atomic mass is 9.94. The van der Waals surface area contributed by atoms with Crippen molar-refractivity contribution in [2.24, 2.45) is 0 Å². The highest BCUT2D eigenvalue weighted by molar-refractivity contribution is 5.82. The fourth-order valence-corrected chi connectivity index (χ4v) is 3.87. The van der Waals surface area contributed by atoms with Gasteiger partial charge in [0.15, 0.2) is 0 Å². The zero-order chi connectivity index (χ0) is 19.6. The highest BCUT2D eigenvalue weighted by Gasteiger charge is 2.31. The van der Waals surface area contributed by atoms with Crippen LogP contribution in [0.1, 0.15) is 29.2 Å². The molecular formula is C22H22F3N3. The number of alkyl halides is 3. The number of pyridine rings is 1. The molecule has 6 heteroatoms. The molecule has 1 aromatic heterocycles. The summed E-state index contributed by atoms with van der Waals surface area (Å²) in [6.45, 7) is 3.57. The molecule has 2 heterocycles. The van der Waals surface area contributed by atoms with Crippen LogP contribution in [-0.4, -0.2) is 36.1 Å². The van der Waals surface area contributed by atoms with Gasteiger partial charge in [-0.3, -0.25) is 9.88 Å². The van der Waals surface area contributed by atoms with Crippen molar-refractivity contribution in [2.75, 3.05) is 26.2 Å². The molecule has 28 heavy (non-hydrogen) atoms. The van der Waals surface area contributed by atoms with Crippen LogP contribution in [0.2, 0.25) is 0 Å². The molecule has 1 saturated heterocycles. The Morgan fingerprint density at radius 3 is 2.46 bits per heavy atom. The number of halogens is 3. The minimum Gasteiger partial charge on any atom is -0.315 e. The summed E-state index contributed by atoms with van der Waals surface area (Å²) < 4.78 is 39.0. The van der Waals surface area contributed by atoms with Gasteiger partial charge in [-0.1, -0.05) is 24.3 Å². The van der Waals surface area contributed by atoms with Gasteiger partial charge in [0.25, 0.3) is 0 Å². The maximum Gasteiger partial charge on any atom is 0.416 e. The second-order valence-electron chi connectivity index (χ2n) is 7.14. The highest BCUT2D eigenvalue weighted by Crippen LogP contribution is 2.34. The van der Waals surface area contributed by atoms with Gasteiger partial charge in [-0.05, 0) is 53.7 Å². The number of nitrogens with one attached hydrogen (secondary N) is 1. The van der Waals surface area contributed by atoms with Crippen molar-refractivity contribution in [3.63, 3.8) is 0 Å². The van der Waals surface area contributed by atoms with Gasteiger partial charge < -0.3 is 5.32 Å². The molecule has 1 atom stereocenters. The minimum absolute atomic E-state index is 0.0836. The molecule has 0 saturated carbocycles. The summed E-state index contributed by atoms with van der Waals surface area (Å²) in [4.78, 5) is 6.51. The van der Waals surface area contributed by atoms with E-state index in [4.69, 9.17) is 0 Å². The molecule has 1 N–H and O–H groups in total. The largest absolute Gasteiger partial charge is 0.416 e. The third-order valence-corrected chi connectivity index (χ3v) is 5.27. The molecule has 0 spiro atoms. The van der Waals surface area contributed by atoms with Crippen LogP contribution in [0.25, 0.3) is 10.8 Å². The van der Waals surface area contributed by atoms with Crippen LogP contribution in [0.3, 0.4) is 0 Å². The van der Waals surface area contributed by atoms with Crippen molar-refractivity contribution in [3.05, 3.63) is 77.6 Å². The second kappa shape index (κ2) is 7.89. The minimum atomic E-state index is -4.32. The Bertz CT molecular complexity index is 930. The van der Waals surface area contributed by atoms with E-state index < -0.39 is 11.7 Å². The first kappa shape index (κ1) is 18.9. The number of benzene rings is 2. The Morgan fingerprint density at radius 2 is 1.68 bits per heavy atom. The standard InChI is InChI=1S/C22H22F3N3/c23-22(24,25)20-6-4-16(5-7-20)21(28-12-1-9-26-11-13-28)18-2-3-19-15-27-10-8-17(19)14-18/h2-8,10,14-15,21,26H,1,9,11-13H2. The molecule has 2 aromatic carbocycles. The van der Waals surface area contributed by atoms with Gasteiger partial charge in [0.2, 0.25) is 0 Å². The summed E-state index contributed by atoms with van der Waals surface area (Å²) in [5.41, 5.74) is 1.35. The summed E-state index contributed by atoms with van der Waals surface area (Å²) in [6.07, 6.45) is 0.266. The summed E-state index contributed by atoms with van der Waals surface area (Å²) in [6, 6.07) is 13.7. The number of hydrogen-bond donors (Lipinski definition) is 1. The van der Waals surface area contributed by atoms with Gasteiger partial charge in [-0.15, -0.1) is 0 Å². The molecule has 146 valence electrons. The topological polar surface area (TPSA) is 28.2 Å². The quantitative estimate of drug-likeness (QED) is 0.712. The van der Waals surface area contributed by atoms with Crippen LogP contribution in [-0.2, 0) is 6.18 Å². The van der Waals surface area contributed by atoms with Crippen molar-refractivity contribution in [2.45, 2.75) is 18.6 Å². The van der Waals surface area contributed by atoms with E-state index in [0.29, 0.717) is 0 Å². The molecule has 3 aromatic rings. The number of fused-ring (bicyclic) bond motifs is 1. The van der Waals surface area contributed by atoms with Crippen molar-refractivity contribution in [1.29, 1.82) is 0 Å². The van der Waals surface area contributed by atoms with Gasteiger partial charge in [-0.2, -0.15) is 13.2 Å². The van der Waals surface area contributed by atoms with E-state index in [0.717, 1.165) is 54.5 Å². The summed E-state index contributed by atoms with van der Waals surface area (Å²) in [5, 5.41) is 5.53. The van der Waals surface area contributed by atoms with Crippen molar-refractivity contribution < 1.29 is 13.2 Å². The third-order valence-electron chi connectivity index (χ3n) is 5.27. The maximum absolute atomic E-state index is 13.0. The Hall–Kier alpha value is -2.44. The Morgan fingerprint density at radius 1 is 0.893 bits per heavy atom. The van der Waals surface area contributed by atoms with Gasteiger partial charge in [0.1, 0.15) is 0 Å². The summed E-state index contributed by atoms with van der Waals surface area (Å²) in [5.74, 6) is 0. The van der Waals surface area contributed by atoms with Crippen molar-refractivity contribution in [1.82, 2.24) is 15.2 Å². The molecule has 1 fully saturated rings. The van der Waals surface area contributed by atoms with E-state index in [1.54, 1.807) is 18.3 Å². The molecule has 1 aliphatic rings. The third kappa shape index (κ3) is 4.03. The van der Waals surface area contributed by atoms with Crippen LogP contribution in [0.4, 0.5) is 13.2 Å². The second-order valence-corrected chi connectivity index (χ2v) is 7.14. The molecule has 0 amide bonds. The Labute approximate surface area is 162 Å². The van der Waals surface area contributed by atoms with Crippen LogP contribution >= 0.6 is 0 Å². The zero-order valence-electron chi connectivity index (χ0n) is 15.4. The molecule has 1 aliphatic heterocycles. The average molecular weight is 385 g/mol. The fourth-order valence-electron chi connectivity index (χ4n) is 3.87. The monoisotopic (exact) mass is 385 g/mol. The predicted molar refractivity (Wildman–Crippen MR) is 104 cm³/mol. The first-order chi connectivity index (χ1) is 13.5. The molecule has 1 unspecified atom stereocenters.